The van der Waals surface area contributed by atoms with E-state index in [1.165, 1.54) is 22.3 Å². The summed E-state index contributed by atoms with van der Waals surface area (Å²) in [5.74, 6) is -0.379. The Morgan fingerprint density at radius 2 is 1.25 bits per heavy atom. The third-order valence-corrected chi connectivity index (χ3v) is 12.3. The van der Waals surface area contributed by atoms with Crippen LogP contribution < -0.4 is 16.0 Å². The van der Waals surface area contributed by atoms with E-state index >= 15 is 0 Å². The van der Waals surface area contributed by atoms with Crippen molar-refractivity contribution in [1.29, 1.82) is 5.41 Å². The maximum absolute atomic E-state index is 14.5. The number of aliphatic hydroxyl groups excluding tert-OH is 1. The number of rotatable bonds is 3. The van der Waals surface area contributed by atoms with Crippen LogP contribution in [0.25, 0.3) is 44.7 Å². The molecule has 0 radical (unpaired) electrons. The minimum absolute atomic E-state index is 0.0957. The van der Waals surface area contributed by atoms with Crippen LogP contribution in [0.2, 0.25) is 0 Å². The van der Waals surface area contributed by atoms with Crippen LogP contribution in [0.4, 0.5) is 17.1 Å². The SMILES string of the molecule is N=C1/C(=C2/C(=O)C(c3ccc4cccc5c4c3NC3(N5)c4ccccc4-c4ccccc43)=C2O)C=Cc2cccc(NC3c4ccccc4-c4ccccc43)c21. The number of carbonyl (C=O) groups excluding carboxylic acids is 1. The van der Waals surface area contributed by atoms with Gasteiger partial charge in [-0.2, -0.15) is 0 Å². The molecule has 0 unspecified atom stereocenters. The summed E-state index contributed by atoms with van der Waals surface area (Å²) in [6.45, 7) is 0. The Morgan fingerprint density at radius 1 is 0.607 bits per heavy atom. The van der Waals surface area contributed by atoms with Crippen molar-refractivity contribution in [1.82, 2.24) is 0 Å². The van der Waals surface area contributed by atoms with E-state index in [-0.39, 0.29) is 34.4 Å². The van der Waals surface area contributed by atoms with Crippen LogP contribution in [0.5, 0.6) is 0 Å². The van der Waals surface area contributed by atoms with Gasteiger partial charge in [0, 0.05) is 44.6 Å². The third kappa shape index (κ3) is 3.94. The first kappa shape index (κ1) is 31.0. The topological polar surface area (TPSA) is 97.2 Å². The fourth-order valence-electron chi connectivity index (χ4n) is 9.82. The van der Waals surface area contributed by atoms with E-state index < -0.39 is 5.66 Å². The molecule has 56 heavy (non-hydrogen) atoms. The number of fused-ring (bicyclic) bond motifs is 9. The summed E-state index contributed by atoms with van der Waals surface area (Å²) in [6, 6.07) is 49.6. The number of hydrogen-bond donors (Lipinski definition) is 5. The molecule has 7 aromatic carbocycles. The molecule has 0 atom stereocenters. The van der Waals surface area contributed by atoms with Crippen molar-refractivity contribution >= 4 is 51.0 Å². The fourth-order valence-corrected chi connectivity index (χ4v) is 9.82. The highest BCUT2D eigenvalue weighted by Gasteiger charge is 2.48. The van der Waals surface area contributed by atoms with E-state index in [1.54, 1.807) is 6.08 Å². The van der Waals surface area contributed by atoms with Gasteiger partial charge in [-0.1, -0.05) is 146 Å². The van der Waals surface area contributed by atoms with Crippen molar-refractivity contribution in [3.05, 3.63) is 208 Å². The van der Waals surface area contributed by atoms with Crippen LogP contribution in [0.15, 0.2) is 169 Å². The van der Waals surface area contributed by atoms with Gasteiger partial charge in [0.15, 0.2) is 5.66 Å². The van der Waals surface area contributed by atoms with Gasteiger partial charge in [-0.05, 0) is 56.5 Å². The van der Waals surface area contributed by atoms with Crippen LogP contribution in [0.1, 0.15) is 45.0 Å². The van der Waals surface area contributed by atoms with Gasteiger partial charge in [0.2, 0.25) is 5.78 Å². The number of allylic oxidation sites excluding steroid dienone is 4. The summed E-state index contributed by atoms with van der Waals surface area (Å²) in [4.78, 5) is 14.5. The summed E-state index contributed by atoms with van der Waals surface area (Å²) in [5.41, 5.74) is 14.2. The average Bonchev–Trinajstić information content (AvgIpc) is 3.69. The molecule has 0 fully saturated rings. The van der Waals surface area contributed by atoms with E-state index in [9.17, 15) is 15.3 Å². The number of carbonyl (C=O) groups is 1. The second-order valence-electron chi connectivity index (χ2n) is 15.1. The highest BCUT2D eigenvalue weighted by molar-refractivity contribution is 6.43. The van der Waals surface area contributed by atoms with E-state index in [1.807, 2.05) is 42.5 Å². The Morgan fingerprint density at radius 3 is 1.95 bits per heavy atom. The van der Waals surface area contributed by atoms with Crippen LogP contribution >= 0.6 is 0 Å². The molecule has 5 aliphatic rings. The van der Waals surface area contributed by atoms with Gasteiger partial charge >= 0.3 is 0 Å². The van der Waals surface area contributed by atoms with Crippen molar-refractivity contribution in [3.8, 4) is 22.3 Å². The number of benzene rings is 7. The number of anilines is 3. The molecular weight excluding hydrogens is 689 g/mol. The van der Waals surface area contributed by atoms with Gasteiger partial charge in [-0.3, -0.25) is 10.2 Å². The number of ketones is 1. The van der Waals surface area contributed by atoms with E-state index in [0.717, 1.165) is 55.7 Å². The monoisotopic (exact) mass is 720 g/mol. The lowest BCUT2D eigenvalue weighted by Crippen LogP contribution is -2.45. The molecule has 1 heterocycles. The minimum atomic E-state index is -0.795. The molecule has 0 saturated carbocycles. The summed E-state index contributed by atoms with van der Waals surface area (Å²) in [6.07, 6.45) is 3.73. The standard InChI is InChI=1S/C50H32N4O2/c51-45-35(25-23-27-11-9-21-39(41(27)45)52-46-33-17-3-1-13-29(33)30-14-2-4-18-34(30)46)43-48(55)44(49(43)56)36-26-24-28-12-10-22-40-42(28)47(36)54-50(53-40)37-19-7-5-15-31(37)32-16-6-8-20-38(32)50/h1-26,46,51-55H/b43-35+,51-45?. The van der Waals surface area contributed by atoms with E-state index in [0.29, 0.717) is 16.7 Å². The second-order valence-corrected chi connectivity index (χ2v) is 15.1. The molecule has 4 aliphatic carbocycles. The lowest BCUT2D eigenvalue weighted by molar-refractivity contribution is -0.111. The first-order chi connectivity index (χ1) is 27.5. The Bertz CT molecular complexity index is 2990. The number of aliphatic hydroxyl groups is 1. The number of hydrogen-bond acceptors (Lipinski definition) is 6. The highest BCUT2D eigenvalue weighted by Crippen LogP contribution is 2.55. The summed E-state index contributed by atoms with van der Waals surface area (Å²) >= 11 is 0. The lowest BCUT2D eigenvalue weighted by Gasteiger charge is -2.41. The molecule has 6 heteroatoms. The molecule has 0 bridgehead atoms. The van der Waals surface area contributed by atoms with Crippen LogP contribution in [0.3, 0.4) is 0 Å². The summed E-state index contributed by atoms with van der Waals surface area (Å²) < 4.78 is 0. The Kier molecular flexibility index (Phi) is 6.11. The minimum Gasteiger partial charge on any atom is -0.506 e. The Hall–Kier alpha value is -7.44. The maximum Gasteiger partial charge on any atom is 0.201 e. The Labute approximate surface area is 322 Å². The molecule has 12 rings (SSSR count). The molecule has 5 N–H and O–H groups in total. The normalized spacial score (nSPS) is 17.8. The molecular formula is C50H32N4O2. The predicted octanol–water partition coefficient (Wildman–Crippen LogP) is 11.0. The smallest absolute Gasteiger partial charge is 0.201 e. The maximum atomic E-state index is 14.5. The molecule has 0 saturated heterocycles. The molecule has 0 aromatic heterocycles. The largest absolute Gasteiger partial charge is 0.506 e. The van der Waals surface area contributed by atoms with Gasteiger partial charge in [0.1, 0.15) is 5.76 Å². The predicted molar refractivity (Wildman–Crippen MR) is 225 cm³/mol. The van der Waals surface area contributed by atoms with E-state index in [4.69, 9.17) is 0 Å². The van der Waals surface area contributed by atoms with Crippen LogP contribution in [-0.4, -0.2) is 16.6 Å². The van der Waals surface area contributed by atoms with Crippen molar-refractivity contribution < 1.29 is 9.90 Å². The summed E-state index contributed by atoms with van der Waals surface area (Å²) in [7, 11) is 0. The van der Waals surface area contributed by atoms with Crippen LogP contribution in [0, 0.1) is 5.41 Å². The van der Waals surface area contributed by atoms with Crippen molar-refractivity contribution in [2.75, 3.05) is 16.0 Å². The fraction of sp³-hybridized carbons (Fsp3) is 0.0400. The van der Waals surface area contributed by atoms with Crippen molar-refractivity contribution in [2.24, 2.45) is 0 Å². The number of nitrogens with one attached hydrogen (secondary N) is 4. The molecule has 0 amide bonds. The first-order valence-corrected chi connectivity index (χ1v) is 18.9. The summed E-state index contributed by atoms with van der Waals surface area (Å²) in [5, 5.41) is 35.1. The van der Waals surface area contributed by atoms with Gasteiger partial charge in [-0.25, -0.2) is 0 Å². The lowest BCUT2D eigenvalue weighted by atomic mass is 9.76. The zero-order valence-electron chi connectivity index (χ0n) is 29.9. The van der Waals surface area contributed by atoms with Gasteiger partial charge in [-0.15, -0.1) is 0 Å². The first-order valence-electron chi connectivity index (χ1n) is 18.9. The van der Waals surface area contributed by atoms with Crippen LogP contribution in [-0.2, 0) is 10.5 Å². The van der Waals surface area contributed by atoms with Crippen molar-refractivity contribution in [3.63, 3.8) is 0 Å². The average molecular weight is 721 g/mol. The third-order valence-electron chi connectivity index (χ3n) is 12.3. The molecule has 6 nitrogen and oxygen atoms in total. The number of Topliss-reactive ketones (excluding diaryl/α,β-unsaturated/α-hetero) is 1. The quantitative estimate of drug-likeness (QED) is 0.117. The van der Waals surface area contributed by atoms with Gasteiger partial charge in [0.25, 0.3) is 0 Å². The zero-order chi connectivity index (χ0) is 37.3. The van der Waals surface area contributed by atoms with Gasteiger partial charge in [0.05, 0.1) is 28.6 Å². The zero-order valence-corrected chi connectivity index (χ0v) is 29.9. The Balaban J connectivity index is 0.968. The van der Waals surface area contributed by atoms with Gasteiger partial charge < -0.3 is 21.1 Å². The molecule has 1 spiro atoms. The molecule has 264 valence electrons. The second kappa shape index (κ2) is 11.1. The van der Waals surface area contributed by atoms with Crippen molar-refractivity contribution in [2.45, 2.75) is 11.7 Å². The highest BCUT2D eigenvalue weighted by atomic mass is 16.3. The molecule has 1 aliphatic heterocycles. The van der Waals surface area contributed by atoms with E-state index in [2.05, 4.69) is 125 Å². The molecule has 7 aromatic rings.